The predicted octanol–water partition coefficient (Wildman–Crippen LogP) is 2.80. The van der Waals surface area contributed by atoms with E-state index in [0.717, 1.165) is 31.6 Å². The van der Waals surface area contributed by atoms with Crippen molar-refractivity contribution in [3.05, 3.63) is 23.8 Å². The molecule has 0 unspecified atom stereocenters. The van der Waals surface area contributed by atoms with Crippen molar-refractivity contribution >= 4 is 5.91 Å². The average molecular weight is 263 g/mol. The zero-order valence-electron chi connectivity index (χ0n) is 11.2. The van der Waals surface area contributed by atoms with Crippen molar-refractivity contribution < 1.29 is 15.0 Å². The van der Waals surface area contributed by atoms with Gasteiger partial charge in [-0.15, -0.1) is 0 Å². The summed E-state index contributed by atoms with van der Waals surface area (Å²) in [5, 5.41) is 21.7. The number of hydrogen-bond acceptors (Lipinski definition) is 3. The van der Waals surface area contributed by atoms with E-state index >= 15 is 0 Å². The lowest BCUT2D eigenvalue weighted by molar-refractivity contribution is 0.0921. The summed E-state index contributed by atoms with van der Waals surface area (Å²) in [4.78, 5) is 12.0. The van der Waals surface area contributed by atoms with E-state index in [1.807, 2.05) is 0 Å². The highest BCUT2D eigenvalue weighted by molar-refractivity contribution is 5.95. The van der Waals surface area contributed by atoms with E-state index in [1.54, 1.807) is 0 Å². The first-order valence-corrected chi connectivity index (χ1v) is 6.92. The molecule has 0 saturated heterocycles. The van der Waals surface area contributed by atoms with Crippen LogP contribution in [0.15, 0.2) is 18.2 Å². The van der Waals surface area contributed by atoms with Crippen molar-refractivity contribution in [3.63, 3.8) is 0 Å². The molecule has 0 atom stereocenters. The molecule has 1 aromatic carbocycles. The molecule has 2 rings (SSSR count). The maximum atomic E-state index is 12.0. The third-order valence-electron chi connectivity index (χ3n) is 3.92. The standard InChI is InChI=1S/C15H21NO3/c1-2-10-3-5-12(6-4-10)16-15(19)11-7-13(17)9-14(18)8-11/h7-10,12,17-18H,2-6H2,1H3,(H,16,19). The number of amides is 1. The van der Waals surface area contributed by atoms with Gasteiger partial charge in [0.25, 0.3) is 5.91 Å². The smallest absolute Gasteiger partial charge is 0.251 e. The number of carbonyl (C=O) groups is 1. The van der Waals surface area contributed by atoms with Gasteiger partial charge in [0.05, 0.1) is 0 Å². The molecule has 1 aliphatic rings. The number of phenolic OH excluding ortho intramolecular Hbond substituents is 2. The molecule has 0 aliphatic heterocycles. The maximum Gasteiger partial charge on any atom is 0.251 e. The fourth-order valence-corrected chi connectivity index (χ4v) is 2.71. The van der Waals surface area contributed by atoms with E-state index in [1.165, 1.54) is 24.6 Å². The molecule has 19 heavy (non-hydrogen) atoms. The molecular weight excluding hydrogens is 242 g/mol. The van der Waals surface area contributed by atoms with E-state index in [2.05, 4.69) is 12.2 Å². The maximum absolute atomic E-state index is 12.0. The summed E-state index contributed by atoms with van der Waals surface area (Å²) in [6, 6.07) is 4.16. The van der Waals surface area contributed by atoms with Crippen molar-refractivity contribution in [1.82, 2.24) is 5.32 Å². The summed E-state index contributed by atoms with van der Waals surface area (Å²) in [7, 11) is 0. The van der Waals surface area contributed by atoms with Gasteiger partial charge in [-0.2, -0.15) is 0 Å². The van der Waals surface area contributed by atoms with E-state index in [4.69, 9.17) is 0 Å². The minimum atomic E-state index is -0.230. The quantitative estimate of drug-likeness (QED) is 0.785. The molecule has 0 spiro atoms. The van der Waals surface area contributed by atoms with Gasteiger partial charge in [0.15, 0.2) is 0 Å². The Balaban J connectivity index is 1.94. The molecule has 1 amide bonds. The lowest BCUT2D eigenvalue weighted by Gasteiger charge is -2.28. The second-order valence-corrected chi connectivity index (χ2v) is 5.34. The molecule has 0 bridgehead atoms. The highest BCUT2D eigenvalue weighted by Gasteiger charge is 2.21. The number of aromatic hydroxyl groups is 2. The van der Waals surface area contributed by atoms with Crippen molar-refractivity contribution in [1.29, 1.82) is 0 Å². The Morgan fingerprint density at radius 3 is 2.26 bits per heavy atom. The number of benzene rings is 1. The number of rotatable bonds is 3. The van der Waals surface area contributed by atoms with Crippen LogP contribution >= 0.6 is 0 Å². The minimum absolute atomic E-state index is 0.0974. The lowest BCUT2D eigenvalue weighted by atomic mass is 9.84. The second kappa shape index (κ2) is 5.95. The van der Waals surface area contributed by atoms with Gasteiger partial charge >= 0.3 is 0 Å². The number of phenols is 2. The molecule has 104 valence electrons. The van der Waals surface area contributed by atoms with Crippen molar-refractivity contribution in [3.8, 4) is 11.5 Å². The molecular formula is C15H21NO3. The normalized spacial score (nSPS) is 23.0. The van der Waals surface area contributed by atoms with Crippen LogP contribution in [-0.4, -0.2) is 22.2 Å². The minimum Gasteiger partial charge on any atom is -0.508 e. The Bertz CT molecular complexity index is 430. The number of nitrogens with one attached hydrogen (secondary N) is 1. The topological polar surface area (TPSA) is 69.6 Å². The Kier molecular flexibility index (Phi) is 4.30. The summed E-state index contributed by atoms with van der Waals surface area (Å²) in [5.41, 5.74) is 0.301. The van der Waals surface area contributed by atoms with Crippen LogP contribution in [0.4, 0.5) is 0 Å². The fourth-order valence-electron chi connectivity index (χ4n) is 2.71. The number of hydrogen-bond donors (Lipinski definition) is 3. The summed E-state index contributed by atoms with van der Waals surface area (Å²) in [6.45, 7) is 2.21. The highest BCUT2D eigenvalue weighted by Crippen LogP contribution is 2.27. The van der Waals surface area contributed by atoms with E-state index in [-0.39, 0.29) is 23.4 Å². The third-order valence-corrected chi connectivity index (χ3v) is 3.92. The zero-order chi connectivity index (χ0) is 13.8. The van der Waals surface area contributed by atoms with Crippen LogP contribution in [0.2, 0.25) is 0 Å². The SMILES string of the molecule is CCC1CCC(NC(=O)c2cc(O)cc(O)c2)CC1. The van der Waals surface area contributed by atoms with Crippen molar-refractivity contribution in [2.24, 2.45) is 5.92 Å². The molecule has 0 aromatic heterocycles. The Morgan fingerprint density at radius 1 is 1.16 bits per heavy atom. The number of carbonyl (C=O) groups excluding carboxylic acids is 1. The molecule has 1 aliphatic carbocycles. The predicted molar refractivity (Wildman–Crippen MR) is 73.3 cm³/mol. The van der Waals surface area contributed by atoms with Gasteiger partial charge < -0.3 is 15.5 Å². The summed E-state index contributed by atoms with van der Waals surface area (Å²) in [5.74, 6) is 0.365. The van der Waals surface area contributed by atoms with E-state index < -0.39 is 0 Å². The first-order chi connectivity index (χ1) is 9.08. The van der Waals surface area contributed by atoms with E-state index in [9.17, 15) is 15.0 Å². The van der Waals surface area contributed by atoms with Gasteiger partial charge in [-0.05, 0) is 43.7 Å². The molecule has 1 aromatic rings. The third kappa shape index (κ3) is 3.63. The van der Waals surface area contributed by atoms with Gasteiger partial charge in [-0.1, -0.05) is 13.3 Å². The molecule has 4 heteroatoms. The summed E-state index contributed by atoms with van der Waals surface area (Å²) < 4.78 is 0. The Morgan fingerprint density at radius 2 is 1.74 bits per heavy atom. The van der Waals surface area contributed by atoms with Gasteiger partial charge in [0, 0.05) is 17.7 Å². The zero-order valence-corrected chi connectivity index (χ0v) is 11.2. The van der Waals surface area contributed by atoms with Gasteiger partial charge in [0.1, 0.15) is 11.5 Å². The fraction of sp³-hybridized carbons (Fsp3) is 0.533. The van der Waals surface area contributed by atoms with Gasteiger partial charge in [0.2, 0.25) is 0 Å². The van der Waals surface area contributed by atoms with Crippen LogP contribution in [0.5, 0.6) is 11.5 Å². The average Bonchev–Trinajstić information content (AvgIpc) is 2.38. The first-order valence-electron chi connectivity index (χ1n) is 6.92. The summed E-state index contributed by atoms with van der Waals surface area (Å²) >= 11 is 0. The van der Waals surface area contributed by atoms with Crippen LogP contribution in [0.3, 0.4) is 0 Å². The van der Waals surface area contributed by atoms with Crippen LogP contribution in [0.1, 0.15) is 49.4 Å². The van der Waals surface area contributed by atoms with E-state index in [0.29, 0.717) is 5.56 Å². The Hall–Kier alpha value is -1.71. The molecule has 0 radical (unpaired) electrons. The first kappa shape index (κ1) is 13.7. The molecule has 4 nitrogen and oxygen atoms in total. The molecule has 1 fully saturated rings. The largest absolute Gasteiger partial charge is 0.508 e. The lowest BCUT2D eigenvalue weighted by Crippen LogP contribution is -2.37. The second-order valence-electron chi connectivity index (χ2n) is 5.34. The van der Waals surface area contributed by atoms with Crippen molar-refractivity contribution in [2.45, 2.75) is 45.1 Å². The molecule has 3 N–H and O–H groups in total. The van der Waals surface area contributed by atoms with Gasteiger partial charge in [-0.25, -0.2) is 0 Å². The molecule has 0 heterocycles. The summed E-state index contributed by atoms with van der Waals surface area (Å²) in [6.07, 6.45) is 5.55. The van der Waals surface area contributed by atoms with Crippen LogP contribution < -0.4 is 5.32 Å². The van der Waals surface area contributed by atoms with Gasteiger partial charge in [-0.3, -0.25) is 4.79 Å². The van der Waals surface area contributed by atoms with Crippen LogP contribution in [0.25, 0.3) is 0 Å². The van der Waals surface area contributed by atoms with Crippen LogP contribution in [-0.2, 0) is 0 Å². The Labute approximate surface area is 113 Å². The monoisotopic (exact) mass is 263 g/mol. The van der Waals surface area contributed by atoms with Crippen molar-refractivity contribution in [2.75, 3.05) is 0 Å². The molecule has 1 saturated carbocycles. The highest BCUT2D eigenvalue weighted by atomic mass is 16.3. The van der Waals surface area contributed by atoms with Crippen LogP contribution in [0, 0.1) is 5.92 Å².